The topological polar surface area (TPSA) is 55.7 Å². The van der Waals surface area contributed by atoms with E-state index in [0.29, 0.717) is 16.8 Å². The molecule has 3 rings (SSSR count). The molecule has 0 saturated heterocycles. The summed E-state index contributed by atoms with van der Waals surface area (Å²) in [6.07, 6.45) is -0.951. The van der Waals surface area contributed by atoms with E-state index in [0.717, 1.165) is 0 Å². The molecule has 0 bridgehead atoms. The number of fused-ring (bicyclic) bond motifs is 1. The van der Waals surface area contributed by atoms with Crippen LogP contribution in [0.15, 0.2) is 59.6 Å². The number of carbonyl (C=O) groups excluding carboxylic acids is 2. The largest absolute Gasteiger partial charge is 0.367 e. The summed E-state index contributed by atoms with van der Waals surface area (Å²) in [4.78, 5) is 29.3. The van der Waals surface area contributed by atoms with Crippen molar-refractivity contribution < 1.29 is 14.3 Å². The fraction of sp³-hybridized carbons (Fsp3) is 0.118. The number of hydrogen-bond donors (Lipinski definition) is 0. The Kier molecular flexibility index (Phi) is 3.46. The van der Waals surface area contributed by atoms with Crippen LogP contribution >= 0.6 is 0 Å². The third-order valence-corrected chi connectivity index (χ3v) is 3.40. The summed E-state index contributed by atoms with van der Waals surface area (Å²) >= 11 is 0. The Morgan fingerprint density at radius 2 is 1.52 bits per heavy atom. The smallest absolute Gasteiger partial charge is 0.211 e. The van der Waals surface area contributed by atoms with Crippen molar-refractivity contribution in [3.8, 4) is 0 Å². The van der Waals surface area contributed by atoms with Crippen LogP contribution in [0.2, 0.25) is 0 Å². The number of rotatable bonds is 2. The molecule has 0 saturated carbocycles. The molecule has 2 aromatic rings. The van der Waals surface area contributed by atoms with Crippen LogP contribution in [0.5, 0.6) is 0 Å². The first-order valence-corrected chi connectivity index (χ1v) is 6.56. The summed E-state index contributed by atoms with van der Waals surface area (Å²) in [5, 5.41) is 0. The molecule has 0 heterocycles. The number of Topliss-reactive ketones (excluding diaryl/α,β-unsaturated/α-hetero) is 2. The molecule has 2 aromatic carbocycles. The molecule has 4 heteroatoms. The number of para-hydroxylation sites is 1. The van der Waals surface area contributed by atoms with Gasteiger partial charge in [0.2, 0.25) is 5.78 Å². The Bertz CT molecular complexity index is 735. The molecule has 0 spiro atoms. The van der Waals surface area contributed by atoms with Gasteiger partial charge in [0.15, 0.2) is 11.9 Å². The van der Waals surface area contributed by atoms with E-state index < -0.39 is 6.10 Å². The number of methoxy groups -OCH3 is 1. The van der Waals surface area contributed by atoms with Gasteiger partial charge in [-0.25, -0.2) is 4.99 Å². The Morgan fingerprint density at radius 1 is 0.905 bits per heavy atom. The lowest BCUT2D eigenvalue weighted by Crippen LogP contribution is -2.42. The van der Waals surface area contributed by atoms with Crippen LogP contribution in [-0.2, 0) is 4.74 Å². The van der Waals surface area contributed by atoms with Crippen molar-refractivity contribution in [3.05, 3.63) is 65.7 Å². The van der Waals surface area contributed by atoms with Crippen LogP contribution in [-0.4, -0.2) is 30.5 Å². The third kappa shape index (κ3) is 2.30. The number of ether oxygens (including phenoxy) is 1. The lowest BCUT2D eigenvalue weighted by atomic mass is 9.86. The first-order valence-electron chi connectivity index (χ1n) is 6.56. The first-order chi connectivity index (χ1) is 10.2. The maximum atomic E-state index is 12.6. The van der Waals surface area contributed by atoms with Gasteiger partial charge in [-0.1, -0.05) is 42.5 Å². The molecule has 1 aliphatic rings. The average molecular weight is 279 g/mol. The highest BCUT2D eigenvalue weighted by atomic mass is 16.5. The summed E-state index contributed by atoms with van der Waals surface area (Å²) in [5.41, 5.74) is 1.52. The molecule has 1 unspecified atom stereocenters. The van der Waals surface area contributed by atoms with E-state index in [-0.39, 0.29) is 17.3 Å². The van der Waals surface area contributed by atoms with E-state index in [4.69, 9.17) is 4.74 Å². The monoisotopic (exact) mass is 279 g/mol. The highest BCUT2D eigenvalue weighted by molar-refractivity contribution is 6.55. The van der Waals surface area contributed by atoms with Gasteiger partial charge in [-0.2, -0.15) is 0 Å². The van der Waals surface area contributed by atoms with E-state index in [1.54, 1.807) is 36.4 Å². The second-order valence-electron chi connectivity index (χ2n) is 4.69. The van der Waals surface area contributed by atoms with Crippen molar-refractivity contribution >= 4 is 23.0 Å². The van der Waals surface area contributed by atoms with Crippen LogP contribution in [0, 0.1) is 0 Å². The van der Waals surface area contributed by atoms with Crippen LogP contribution in [0.25, 0.3) is 0 Å². The number of nitrogens with zero attached hydrogens (tertiary/aromatic N) is 1. The van der Waals surface area contributed by atoms with Gasteiger partial charge in [-0.3, -0.25) is 9.59 Å². The van der Waals surface area contributed by atoms with E-state index in [1.807, 2.05) is 18.2 Å². The standard InChI is InChI=1S/C17H13NO3/c1-21-17-14(18-11-7-3-2-4-8-11)15(19)12-9-5-6-10-13(12)16(17)20/h2-10,17H,1H3. The van der Waals surface area contributed by atoms with Gasteiger partial charge < -0.3 is 4.74 Å². The van der Waals surface area contributed by atoms with Gasteiger partial charge in [0.25, 0.3) is 0 Å². The number of ketones is 2. The fourth-order valence-electron chi connectivity index (χ4n) is 2.39. The predicted molar refractivity (Wildman–Crippen MR) is 79.4 cm³/mol. The van der Waals surface area contributed by atoms with Crippen molar-refractivity contribution in [3.63, 3.8) is 0 Å². The molecule has 0 amide bonds. The number of benzene rings is 2. The molecule has 0 N–H and O–H groups in total. The molecule has 1 atom stereocenters. The van der Waals surface area contributed by atoms with Crippen molar-refractivity contribution in [2.45, 2.75) is 6.10 Å². The van der Waals surface area contributed by atoms with Gasteiger partial charge >= 0.3 is 0 Å². The van der Waals surface area contributed by atoms with E-state index >= 15 is 0 Å². The van der Waals surface area contributed by atoms with E-state index in [2.05, 4.69) is 4.99 Å². The highest BCUT2D eigenvalue weighted by Crippen LogP contribution is 2.24. The number of carbonyl (C=O) groups is 2. The molecule has 0 radical (unpaired) electrons. The molecule has 104 valence electrons. The van der Waals surface area contributed by atoms with Crippen molar-refractivity contribution in [2.75, 3.05) is 7.11 Å². The quantitative estimate of drug-likeness (QED) is 0.849. The van der Waals surface area contributed by atoms with Crippen LogP contribution in [0.1, 0.15) is 20.7 Å². The minimum Gasteiger partial charge on any atom is -0.367 e. The summed E-state index contributed by atoms with van der Waals surface area (Å²) in [6.45, 7) is 0. The van der Waals surface area contributed by atoms with Crippen LogP contribution in [0.3, 0.4) is 0 Å². The molecular formula is C17H13NO3. The minimum atomic E-state index is -0.951. The molecule has 0 aliphatic heterocycles. The van der Waals surface area contributed by atoms with E-state index in [1.165, 1.54) is 7.11 Å². The van der Waals surface area contributed by atoms with Crippen LogP contribution in [0.4, 0.5) is 5.69 Å². The zero-order valence-corrected chi connectivity index (χ0v) is 11.4. The van der Waals surface area contributed by atoms with Gasteiger partial charge in [-0.15, -0.1) is 0 Å². The zero-order chi connectivity index (χ0) is 14.8. The second-order valence-corrected chi connectivity index (χ2v) is 4.69. The number of hydrogen-bond acceptors (Lipinski definition) is 4. The lowest BCUT2D eigenvalue weighted by molar-refractivity contribution is 0.0725. The highest BCUT2D eigenvalue weighted by Gasteiger charge is 2.38. The first kappa shape index (κ1) is 13.4. The zero-order valence-electron chi connectivity index (χ0n) is 11.4. The van der Waals surface area contributed by atoms with Gasteiger partial charge in [0.05, 0.1) is 5.69 Å². The van der Waals surface area contributed by atoms with Crippen LogP contribution < -0.4 is 0 Å². The predicted octanol–water partition coefficient (Wildman–Crippen LogP) is 2.85. The summed E-state index contributed by atoms with van der Waals surface area (Å²) < 4.78 is 5.21. The summed E-state index contributed by atoms with van der Waals surface area (Å²) in [7, 11) is 1.41. The SMILES string of the molecule is COC1C(=O)c2ccccc2C(=O)C1=Nc1ccccc1. The Balaban J connectivity index is 2.15. The minimum absolute atomic E-state index is 0.132. The molecule has 1 aliphatic carbocycles. The summed E-state index contributed by atoms with van der Waals surface area (Å²) in [5.74, 6) is -0.497. The lowest BCUT2D eigenvalue weighted by Gasteiger charge is -2.22. The van der Waals surface area contributed by atoms with E-state index in [9.17, 15) is 9.59 Å². The summed E-state index contributed by atoms with van der Waals surface area (Å²) in [6, 6.07) is 15.8. The van der Waals surface area contributed by atoms with Gasteiger partial charge in [-0.05, 0) is 12.1 Å². The molecular weight excluding hydrogens is 266 g/mol. The van der Waals surface area contributed by atoms with Gasteiger partial charge in [0, 0.05) is 18.2 Å². The molecule has 21 heavy (non-hydrogen) atoms. The van der Waals surface area contributed by atoms with Gasteiger partial charge in [0.1, 0.15) is 5.71 Å². The van der Waals surface area contributed by atoms with Crippen molar-refractivity contribution in [2.24, 2.45) is 4.99 Å². The Labute approximate surface area is 122 Å². The third-order valence-electron chi connectivity index (χ3n) is 3.40. The average Bonchev–Trinajstić information content (AvgIpc) is 2.54. The van der Waals surface area contributed by atoms with Crippen molar-refractivity contribution in [1.29, 1.82) is 0 Å². The molecule has 0 aromatic heterocycles. The second kappa shape index (κ2) is 5.42. The fourth-order valence-corrected chi connectivity index (χ4v) is 2.39. The number of aliphatic imine (C=N–C) groups is 1. The molecule has 4 nitrogen and oxygen atoms in total. The Hall–Kier alpha value is -2.59. The maximum Gasteiger partial charge on any atom is 0.211 e. The Morgan fingerprint density at radius 3 is 2.19 bits per heavy atom. The maximum absolute atomic E-state index is 12.6. The normalized spacial score (nSPS) is 19.7. The van der Waals surface area contributed by atoms with Crippen molar-refractivity contribution in [1.82, 2.24) is 0 Å². The molecule has 0 fully saturated rings.